The average Bonchev–Trinajstić information content (AvgIpc) is 2.65. The van der Waals surface area contributed by atoms with E-state index in [1.54, 1.807) is 44.7 Å². The number of hydrogen-bond donors (Lipinski definition) is 1. The average molecular weight is 334 g/mol. The third-order valence-corrected chi connectivity index (χ3v) is 4.01. The molecule has 25 heavy (non-hydrogen) atoms. The third kappa shape index (κ3) is 3.63. The molecule has 0 bridgehead atoms. The summed E-state index contributed by atoms with van der Waals surface area (Å²) in [6.45, 7) is 2.19. The number of nitrogens with one attached hydrogen (secondary N) is 1. The van der Waals surface area contributed by atoms with Crippen LogP contribution in [0.4, 0.5) is 0 Å². The molecule has 2 aromatic heterocycles. The van der Waals surface area contributed by atoms with E-state index in [-0.39, 0.29) is 11.5 Å². The number of nitrogens with zero attached hydrogens (tertiary/aromatic N) is 3. The predicted octanol–water partition coefficient (Wildman–Crippen LogP) is 2.08. The van der Waals surface area contributed by atoms with E-state index < -0.39 is 0 Å². The van der Waals surface area contributed by atoms with Crippen molar-refractivity contribution in [1.29, 1.82) is 0 Å². The van der Waals surface area contributed by atoms with Crippen molar-refractivity contribution in [2.45, 2.75) is 13.5 Å². The molecule has 1 N–H and O–H groups in total. The first kappa shape index (κ1) is 16.6. The zero-order valence-electron chi connectivity index (χ0n) is 14.1. The van der Waals surface area contributed by atoms with Gasteiger partial charge in [0.1, 0.15) is 0 Å². The van der Waals surface area contributed by atoms with Gasteiger partial charge in [-0.15, -0.1) is 0 Å². The molecule has 0 saturated heterocycles. The molecule has 0 unspecified atom stereocenters. The zero-order chi connectivity index (χ0) is 17.8. The highest BCUT2D eigenvalue weighted by Gasteiger charge is 2.09. The van der Waals surface area contributed by atoms with Crippen molar-refractivity contribution in [1.82, 2.24) is 20.1 Å². The summed E-state index contributed by atoms with van der Waals surface area (Å²) in [6, 6.07) is 10.9. The molecule has 0 aliphatic heterocycles. The number of pyridine rings is 1. The lowest BCUT2D eigenvalue weighted by atomic mass is 10.0. The van der Waals surface area contributed by atoms with Crippen LogP contribution in [0.25, 0.3) is 11.1 Å². The number of carbonyl (C=O) groups excluding carboxylic acids is 1. The minimum atomic E-state index is -0.158. The Morgan fingerprint density at radius 2 is 1.92 bits per heavy atom. The third-order valence-electron chi connectivity index (χ3n) is 4.01. The molecule has 126 valence electrons. The van der Waals surface area contributed by atoms with Crippen molar-refractivity contribution in [3.8, 4) is 11.1 Å². The highest BCUT2D eigenvalue weighted by molar-refractivity contribution is 5.94. The molecule has 0 atom stereocenters. The Hall–Kier alpha value is -3.28. The van der Waals surface area contributed by atoms with E-state index >= 15 is 0 Å². The van der Waals surface area contributed by atoms with Gasteiger partial charge in [0.25, 0.3) is 11.5 Å². The first-order chi connectivity index (χ1) is 12.1. The summed E-state index contributed by atoms with van der Waals surface area (Å²) in [7, 11) is 1.62. The van der Waals surface area contributed by atoms with E-state index in [1.807, 2.05) is 24.3 Å². The summed E-state index contributed by atoms with van der Waals surface area (Å²) in [6.07, 6.45) is 5.07. The fraction of sp³-hybridized carbons (Fsp3) is 0.158. The monoisotopic (exact) mass is 334 g/mol. The maximum atomic E-state index is 12.2. The van der Waals surface area contributed by atoms with Crippen molar-refractivity contribution in [2.24, 2.45) is 7.05 Å². The van der Waals surface area contributed by atoms with E-state index in [4.69, 9.17) is 0 Å². The molecule has 0 aliphatic rings. The molecule has 1 aromatic carbocycles. The predicted molar refractivity (Wildman–Crippen MR) is 95.1 cm³/mol. The Morgan fingerprint density at radius 1 is 1.16 bits per heavy atom. The van der Waals surface area contributed by atoms with Gasteiger partial charge in [0.15, 0.2) is 0 Å². The molecule has 2 heterocycles. The smallest absolute Gasteiger partial charge is 0.270 e. The lowest BCUT2D eigenvalue weighted by molar-refractivity contribution is 0.0951. The van der Waals surface area contributed by atoms with Crippen LogP contribution in [0.3, 0.4) is 0 Å². The van der Waals surface area contributed by atoms with Crippen LogP contribution in [0.2, 0.25) is 0 Å². The Bertz CT molecular complexity index is 947. The number of rotatable bonds is 4. The number of aromatic nitrogens is 3. The van der Waals surface area contributed by atoms with Crippen LogP contribution in [0.15, 0.2) is 59.8 Å². The van der Waals surface area contributed by atoms with Gasteiger partial charge in [-0.25, -0.2) is 4.68 Å². The lowest BCUT2D eigenvalue weighted by Crippen LogP contribution is -2.23. The number of carbonyl (C=O) groups is 1. The second-order valence-electron chi connectivity index (χ2n) is 5.73. The van der Waals surface area contributed by atoms with Gasteiger partial charge in [0.05, 0.1) is 6.20 Å². The molecule has 6 nitrogen and oxygen atoms in total. The van der Waals surface area contributed by atoms with Gasteiger partial charge in [-0.2, -0.15) is 5.10 Å². The van der Waals surface area contributed by atoms with E-state index in [9.17, 15) is 9.59 Å². The standard InChI is InChI=1S/C19H18N4O2/c1-13-17(12-22-23(2)19(13)25)15-5-7-16(8-6-15)18(24)21-11-14-4-3-9-20-10-14/h3-10,12H,11H2,1-2H3,(H,21,24). The molecule has 3 rings (SSSR count). The molecule has 0 fully saturated rings. The molecule has 0 saturated carbocycles. The molecule has 3 aromatic rings. The van der Waals surface area contributed by atoms with Crippen LogP contribution in [-0.2, 0) is 13.6 Å². The summed E-state index contributed by atoms with van der Waals surface area (Å²) < 4.78 is 1.30. The zero-order valence-corrected chi connectivity index (χ0v) is 14.1. The summed E-state index contributed by atoms with van der Waals surface area (Å²) in [5.41, 5.74) is 3.62. The second-order valence-corrected chi connectivity index (χ2v) is 5.73. The first-order valence-corrected chi connectivity index (χ1v) is 7.86. The van der Waals surface area contributed by atoms with Crippen molar-refractivity contribution < 1.29 is 4.79 Å². The van der Waals surface area contributed by atoms with Crippen molar-refractivity contribution in [3.63, 3.8) is 0 Å². The fourth-order valence-electron chi connectivity index (χ4n) is 2.53. The molecule has 0 aliphatic carbocycles. The van der Waals surface area contributed by atoms with Crippen molar-refractivity contribution in [2.75, 3.05) is 0 Å². The molecule has 0 spiro atoms. The molecule has 6 heteroatoms. The molecule has 0 radical (unpaired) electrons. The minimum absolute atomic E-state index is 0.129. The number of amides is 1. The maximum absolute atomic E-state index is 12.2. The van der Waals surface area contributed by atoms with Crippen molar-refractivity contribution >= 4 is 5.91 Å². The Kier molecular flexibility index (Phi) is 4.70. The van der Waals surface area contributed by atoms with Crippen LogP contribution >= 0.6 is 0 Å². The van der Waals surface area contributed by atoms with Gasteiger partial charge in [-0.3, -0.25) is 14.6 Å². The van der Waals surface area contributed by atoms with Crippen LogP contribution in [0.1, 0.15) is 21.5 Å². The fourth-order valence-corrected chi connectivity index (χ4v) is 2.53. The van der Waals surface area contributed by atoms with Crippen LogP contribution < -0.4 is 10.9 Å². The van der Waals surface area contributed by atoms with E-state index in [2.05, 4.69) is 15.4 Å². The van der Waals surface area contributed by atoms with E-state index in [0.29, 0.717) is 17.7 Å². The Morgan fingerprint density at radius 3 is 2.60 bits per heavy atom. The summed E-state index contributed by atoms with van der Waals surface area (Å²) in [5, 5.41) is 6.91. The largest absolute Gasteiger partial charge is 0.348 e. The first-order valence-electron chi connectivity index (χ1n) is 7.86. The van der Waals surface area contributed by atoms with Gasteiger partial charge < -0.3 is 5.32 Å². The lowest BCUT2D eigenvalue weighted by Gasteiger charge is -2.08. The van der Waals surface area contributed by atoms with Crippen LogP contribution in [0, 0.1) is 6.92 Å². The van der Waals surface area contributed by atoms with Gasteiger partial charge in [-0.1, -0.05) is 18.2 Å². The topological polar surface area (TPSA) is 76.9 Å². The molecular weight excluding hydrogens is 316 g/mol. The van der Waals surface area contributed by atoms with Gasteiger partial charge in [0.2, 0.25) is 0 Å². The van der Waals surface area contributed by atoms with Crippen molar-refractivity contribution in [3.05, 3.63) is 82.0 Å². The Labute approximate surface area is 145 Å². The molecular formula is C19H18N4O2. The van der Waals surface area contributed by atoms with Crippen LogP contribution in [0.5, 0.6) is 0 Å². The minimum Gasteiger partial charge on any atom is -0.348 e. The molecule has 1 amide bonds. The Balaban J connectivity index is 1.75. The highest BCUT2D eigenvalue weighted by atomic mass is 16.1. The van der Waals surface area contributed by atoms with Gasteiger partial charge in [0, 0.05) is 42.7 Å². The maximum Gasteiger partial charge on any atom is 0.270 e. The number of hydrogen-bond acceptors (Lipinski definition) is 4. The summed E-state index contributed by atoms with van der Waals surface area (Å²) in [4.78, 5) is 28.2. The van der Waals surface area contributed by atoms with E-state index in [1.165, 1.54) is 4.68 Å². The quantitative estimate of drug-likeness (QED) is 0.792. The van der Waals surface area contributed by atoms with Gasteiger partial charge in [-0.05, 0) is 36.2 Å². The SMILES string of the molecule is Cc1c(-c2ccc(C(=O)NCc3cccnc3)cc2)cnn(C)c1=O. The van der Waals surface area contributed by atoms with Crippen LogP contribution in [-0.4, -0.2) is 20.7 Å². The van der Waals surface area contributed by atoms with Gasteiger partial charge >= 0.3 is 0 Å². The van der Waals surface area contributed by atoms with E-state index in [0.717, 1.165) is 16.7 Å². The second kappa shape index (κ2) is 7.09. The summed E-state index contributed by atoms with van der Waals surface area (Å²) in [5.74, 6) is -0.158. The summed E-state index contributed by atoms with van der Waals surface area (Å²) >= 11 is 0. The number of benzene rings is 1. The highest BCUT2D eigenvalue weighted by Crippen LogP contribution is 2.20. The number of aryl methyl sites for hydroxylation is 1. The normalized spacial score (nSPS) is 10.5.